The smallest absolute Gasteiger partial charge is 0.355 e. The second kappa shape index (κ2) is 5.23. The number of anilines is 2. The molecule has 2 aromatic rings. The summed E-state index contributed by atoms with van der Waals surface area (Å²) in [6.07, 6.45) is 0. The lowest BCUT2D eigenvalue weighted by Crippen LogP contribution is -1.99. The molecule has 0 saturated heterocycles. The first-order chi connectivity index (χ1) is 9.01. The normalized spacial score (nSPS) is 10.3. The van der Waals surface area contributed by atoms with E-state index >= 15 is 0 Å². The number of hydrogen-bond acceptors (Lipinski definition) is 5. The Morgan fingerprint density at radius 2 is 2.26 bits per heavy atom. The van der Waals surface area contributed by atoms with Gasteiger partial charge in [-0.15, -0.1) is 11.3 Å². The second-order valence-electron chi connectivity index (χ2n) is 3.70. The maximum Gasteiger partial charge on any atom is 0.355 e. The van der Waals surface area contributed by atoms with Crippen molar-refractivity contribution in [3.63, 3.8) is 0 Å². The number of carbonyl (C=O) groups is 1. The minimum atomic E-state index is -1.10. The number of ether oxygens (including phenoxy) is 1. The van der Waals surface area contributed by atoms with Crippen molar-refractivity contribution in [3.8, 4) is 5.75 Å². The lowest BCUT2D eigenvalue weighted by molar-refractivity contribution is 0.0690. The number of benzene rings is 1. The molecule has 100 valence electrons. The zero-order valence-electron chi connectivity index (χ0n) is 10.2. The van der Waals surface area contributed by atoms with Gasteiger partial charge < -0.3 is 15.2 Å². The third-order valence-corrected chi connectivity index (χ3v) is 3.30. The van der Waals surface area contributed by atoms with E-state index in [1.807, 2.05) is 0 Å². The molecule has 0 atom stereocenters. The van der Waals surface area contributed by atoms with Gasteiger partial charge in [-0.25, -0.2) is 14.2 Å². The lowest BCUT2D eigenvalue weighted by atomic mass is 10.3. The van der Waals surface area contributed by atoms with Gasteiger partial charge in [-0.2, -0.15) is 0 Å². The highest BCUT2D eigenvalue weighted by Gasteiger charge is 2.15. The van der Waals surface area contributed by atoms with E-state index in [1.54, 1.807) is 6.92 Å². The van der Waals surface area contributed by atoms with Crippen molar-refractivity contribution in [2.45, 2.75) is 6.92 Å². The Balaban J connectivity index is 2.30. The van der Waals surface area contributed by atoms with E-state index in [1.165, 1.54) is 25.3 Å². The first-order valence-electron chi connectivity index (χ1n) is 5.32. The number of aromatic carboxylic acids is 1. The summed E-state index contributed by atoms with van der Waals surface area (Å²) >= 11 is 1.15. The molecule has 2 rings (SSSR count). The fourth-order valence-electron chi connectivity index (χ4n) is 1.49. The van der Waals surface area contributed by atoms with Gasteiger partial charge in [0.2, 0.25) is 0 Å². The number of aromatic nitrogens is 1. The molecular formula is C12H11FN2O3S. The van der Waals surface area contributed by atoms with Gasteiger partial charge in [0, 0.05) is 10.9 Å². The van der Waals surface area contributed by atoms with Crippen LogP contribution in [0.1, 0.15) is 15.4 Å². The van der Waals surface area contributed by atoms with Crippen LogP contribution in [0.4, 0.5) is 15.2 Å². The molecule has 0 saturated carbocycles. The van der Waals surface area contributed by atoms with Crippen LogP contribution in [0.3, 0.4) is 0 Å². The first kappa shape index (κ1) is 13.3. The van der Waals surface area contributed by atoms with Gasteiger partial charge in [-0.1, -0.05) is 0 Å². The van der Waals surface area contributed by atoms with Crippen LogP contribution in [0.25, 0.3) is 0 Å². The Kier molecular flexibility index (Phi) is 3.66. The number of thiazole rings is 1. The number of aryl methyl sites for hydroxylation is 1. The summed E-state index contributed by atoms with van der Waals surface area (Å²) in [4.78, 5) is 15.3. The van der Waals surface area contributed by atoms with Crippen molar-refractivity contribution >= 4 is 28.1 Å². The molecule has 1 heterocycles. The number of methoxy groups -OCH3 is 1. The quantitative estimate of drug-likeness (QED) is 0.901. The number of nitrogens with one attached hydrogen (secondary N) is 1. The van der Waals surface area contributed by atoms with Crippen LogP contribution in [0.15, 0.2) is 18.2 Å². The van der Waals surface area contributed by atoms with Gasteiger partial charge in [0.15, 0.2) is 10.8 Å². The molecule has 2 N–H and O–H groups in total. The maximum atomic E-state index is 13.6. The molecule has 0 bridgehead atoms. The Hall–Kier alpha value is -2.15. The molecule has 0 aliphatic heterocycles. The average Bonchev–Trinajstić information content (AvgIpc) is 2.73. The first-order valence-corrected chi connectivity index (χ1v) is 6.14. The maximum absolute atomic E-state index is 13.6. The van der Waals surface area contributed by atoms with Crippen LogP contribution in [0, 0.1) is 12.7 Å². The van der Waals surface area contributed by atoms with Crippen LogP contribution in [0.2, 0.25) is 0 Å². The number of nitrogens with zero attached hydrogens (tertiary/aromatic N) is 1. The SMILES string of the molecule is COc1ccc(F)c(Nc2nc(C(=O)O)c(C)s2)c1. The van der Waals surface area contributed by atoms with Crippen LogP contribution >= 0.6 is 11.3 Å². The van der Waals surface area contributed by atoms with Crippen LogP contribution < -0.4 is 10.1 Å². The number of carboxylic acids is 1. The molecule has 0 unspecified atom stereocenters. The Bertz CT molecular complexity index is 627. The third kappa shape index (κ3) is 2.82. The predicted molar refractivity (Wildman–Crippen MR) is 70.0 cm³/mol. The Morgan fingerprint density at radius 3 is 2.84 bits per heavy atom. The van der Waals surface area contributed by atoms with E-state index in [2.05, 4.69) is 10.3 Å². The zero-order chi connectivity index (χ0) is 14.0. The second-order valence-corrected chi connectivity index (χ2v) is 4.90. The van der Waals surface area contributed by atoms with Gasteiger partial charge >= 0.3 is 5.97 Å². The van der Waals surface area contributed by atoms with Gasteiger partial charge in [0.25, 0.3) is 0 Å². The van der Waals surface area contributed by atoms with Gasteiger partial charge in [0.05, 0.1) is 12.8 Å². The standard InChI is InChI=1S/C12H11FN2O3S/c1-6-10(11(16)17)15-12(19-6)14-9-5-7(18-2)3-4-8(9)13/h3-5H,1-2H3,(H,14,15)(H,16,17). The minimum absolute atomic E-state index is 0.0317. The molecule has 0 radical (unpaired) electrons. The van der Waals surface area contributed by atoms with Crippen molar-refractivity contribution in [3.05, 3.63) is 34.6 Å². The fraction of sp³-hybridized carbons (Fsp3) is 0.167. The Labute approximate surface area is 112 Å². The number of hydrogen-bond donors (Lipinski definition) is 2. The molecule has 7 heteroatoms. The predicted octanol–water partition coefficient (Wildman–Crippen LogP) is 3.04. The van der Waals surface area contributed by atoms with E-state index in [4.69, 9.17) is 9.84 Å². The molecule has 0 fully saturated rings. The van der Waals surface area contributed by atoms with Crippen LogP contribution in [-0.2, 0) is 0 Å². The summed E-state index contributed by atoms with van der Waals surface area (Å²) in [7, 11) is 1.48. The molecular weight excluding hydrogens is 271 g/mol. The summed E-state index contributed by atoms with van der Waals surface area (Å²) in [5, 5.41) is 12.0. The fourth-order valence-corrected chi connectivity index (χ4v) is 2.31. The van der Waals surface area contributed by atoms with Gasteiger partial charge in [-0.05, 0) is 19.1 Å². The average molecular weight is 282 g/mol. The van der Waals surface area contributed by atoms with Crippen molar-refractivity contribution in [1.29, 1.82) is 0 Å². The van der Waals surface area contributed by atoms with E-state index in [0.29, 0.717) is 15.8 Å². The molecule has 0 aliphatic carbocycles. The number of rotatable bonds is 4. The van der Waals surface area contributed by atoms with Crippen LogP contribution in [0.5, 0.6) is 5.75 Å². The molecule has 0 amide bonds. The molecule has 1 aromatic heterocycles. The van der Waals surface area contributed by atoms with Gasteiger partial charge in [0.1, 0.15) is 11.6 Å². The lowest BCUT2D eigenvalue weighted by Gasteiger charge is -2.06. The topological polar surface area (TPSA) is 71.5 Å². The van der Waals surface area contributed by atoms with E-state index in [-0.39, 0.29) is 11.4 Å². The zero-order valence-corrected chi connectivity index (χ0v) is 11.0. The Morgan fingerprint density at radius 1 is 1.53 bits per heavy atom. The van der Waals surface area contributed by atoms with Crippen LogP contribution in [-0.4, -0.2) is 23.2 Å². The monoisotopic (exact) mass is 282 g/mol. The highest BCUT2D eigenvalue weighted by Crippen LogP contribution is 2.28. The minimum Gasteiger partial charge on any atom is -0.497 e. The molecule has 5 nitrogen and oxygen atoms in total. The summed E-state index contributed by atoms with van der Waals surface area (Å²) in [5.41, 5.74) is 0.154. The third-order valence-electron chi connectivity index (χ3n) is 2.41. The van der Waals surface area contributed by atoms with E-state index < -0.39 is 11.8 Å². The van der Waals surface area contributed by atoms with Gasteiger partial charge in [-0.3, -0.25) is 0 Å². The summed E-state index contributed by atoms with van der Waals surface area (Å²) in [5.74, 6) is -1.07. The highest BCUT2D eigenvalue weighted by molar-refractivity contribution is 7.15. The van der Waals surface area contributed by atoms with Crippen molar-refractivity contribution in [2.24, 2.45) is 0 Å². The summed E-state index contributed by atoms with van der Waals surface area (Å²) < 4.78 is 18.6. The van der Waals surface area contributed by atoms with Crippen molar-refractivity contribution < 1.29 is 19.0 Å². The number of carboxylic acid groups (broad SMARTS) is 1. The summed E-state index contributed by atoms with van der Waals surface area (Å²) in [6.45, 7) is 1.65. The van der Waals surface area contributed by atoms with E-state index in [0.717, 1.165) is 11.3 Å². The van der Waals surface area contributed by atoms with Crippen molar-refractivity contribution in [1.82, 2.24) is 4.98 Å². The highest BCUT2D eigenvalue weighted by atomic mass is 32.1. The van der Waals surface area contributed by atoms with E-state index in [9.17, 15) is 9.18 Å². The molecule has 0 aliphatic rings. The molecule has 0 spiro atoms. The number of halogens is 1. The molecule has 1 aromatic carbocycles. The largest absolute Gasteiger partial charge is 0.497 e. The van der Waals surface area contributed by atoms with Crippen molar-refractivity contribution in [2.75, 3.05) is 12.4 Å². The summed E-state index contributed by atoms with van der Waals surface area (Å²) in [6, 6.07) is 4.24. The molecule has 19 heavy (non-hydrogen) atoms.